The van der Waals surface area contributed by atoms with Gasteiger partial charge in [0.25, 0.3) is 0 Å². The Kier molecular flexibility index (Phi) is 7.48. The SMILES string of the molecule is [B]C1CC(OC(C)(C)P(=O)(O)OCC23CCOC(C([B])O2)C3OC(C)(C)C)C(CC)O1. The van der Waals surface area contributed by atoms with Crippen LogP contribution >= 0.6 is 7.60 Å². The van der Waals surface area contributed by atoms with Crippen molar-refractivity contribution in [2.24, 2.45) is 0 Å². The molecular formula is C20H35B2O8P. The fraction of sp³-hybridized carbons (Fsp3) is 1.00. The van der Waals surface area contributed by atoms with Gasteiger partial charge in [0, 0.05) is 18.4 Å². The Morgan fingerprint density at radius 2 is 1.87 bits per heavy atom. The summed E-state index contributed by atoms with van der Waals surface area (Å²) in [5.41, 5.74) is -1.46. The van der Waals surface area contributed by atoms with Gasteiger partial charge in [0.1, 0.15) is 33.5 Å². The molecule has 0 spiro atoms. The summed E-state index contributed by atoms with van der Waals surface area (Å²) in [6.07, 6.45) is -0.0464. The standard InChI is InChI=1S/C20H35B2O8P/c1-7-12-13(10-14(21)27-12)28-19(5,6)31(23,24)26-11-20-8-9-25-15(17(22)30-20)16(20)29-18(2,3)4/h12-17H,7-11H2,1-6H3,(H,23,24). The molecule has 3 saturated heterocycles. The predicted octanol–water partition coefficient (Wildman–Crippen LogP) is 2.24. The van der Waals surface area contributed by atoms with E-state index in [2.05, 4.69) is 0 Å². The van der Waals surface area contributed by atoms with Crippen molar-refractivity contribution in [2.75, 3.05) is 13.2 Å². The third-order valence-electron chi connectivity index (χ3n) is 6.06. The second-order valence-electron chi connectivity index (χ2n) is 10.1. The van der Waals surface area contributed by atoms with Crippen LogP contribution in [0.5, 0.6) is 0 Å². The highest BCUT2D eigenvalue weighted by Crippen LogP contribution is 2.58. The van der Waals surface area contributed by atoms with E-state index < -0.39 is 54.5 Å². The molecule has 11 heteroatoms. The van der Waals surface area contributed by atoms with Gasteiger partial charge in [0.2, 0.25) is 0 Å². The predicted molar refractivity (Wildman–Crippen MR) is 116 cm³/mol. The van der Waals surface area contributed by atoms with Crippen LogP contribution < -0.4 is 0 Å². The van der Waals surface area contributed by atoms with Crippen LogP contribution in [0.15, 0.2) is 0 Å². The second kappa shape index (κ2) is 9.03. The molecule has 1 N–H and O–H groups in total. The lowest BCUT2D eigenvalue weighted by Crippen LogP contribution is -2.55. The molecule has 3 fully saturated rings. The highest BCUT2D eigenvalue weighted by atomic mass is 31.2. The average Bonchev–Trinajstić information content (AvgIpc) is 3.03. The summed E-state index contributed by atoms with van der Waals surface area (Å²) in [7, 11) is 7.76. The quantitative estimate of drug-likeness (QED) is 0.440. The van der Waals surface area contributed by atoms with Crippen molar-refractivity contribution >= 4 is 23.3 Å². The minimum absolute atomic E-state index is 0.167. The van der Waals surface area contributed by atoms with Gasteiger partial charge in [0.05, 0.1) is 31.0 Å². The largest absolute Gasteiger partial charge is 0.382 e. The summed E-state index contributed by atoms with van der Waals surface area (Å²) < 4.78 is 48.5. The molecule has 0 aromatic carbocycles. The summed E-state index contributed by atoms with van der Waals surface area (Å²) in [6.45, 7) is 11.0. The Morgan fingerprint density at radius 3 is 2.48 bits per heavy atom. The molecule has 8 nitrogen and oxygen atoms in total. The zero-order valence-corrected chi connectivity index (χ0v) is 20.3. The van der Waals surface area contributed by atoms with Crippen LogP contribution in [0, 0.1) is 0 Å². The van der Waals surface area contributed by atoms with E-state index in [-0.39, 0.29) is 12.7 Å². The van der Waals surface area contributed by atoms with Gasteiger partial charge in [-0.1, -0.05) is 6.92 Å². The molecule has 31 heavy (non-hydrogen) atoms. The van der Waals surface area contributed by atoms with Gasteiger partial charge in [-0.15, -0.1) is 0 Å². The van der Waals surface area contributed by atoms with Crippen molar-refractivity contribution in [1.82, 2.24) is 0 Å². The topological polar surface area (TPSA) is 92.7 Å². The van der Waals surface area contributed by atoms with Crippen molar-refractivity contribution in [3.63, 3.8) is 0 Å². The van der Waals surface area contributed by atoms with E-state index in [1.54, 1.807) is 13.8 Å². The van der Waals surface area contributed by atoms with Crippen molar-refractivity contribution in [3.05, 3.63) is 0 Å². The number of hydrogen-bond donors (Lipinski definition) is 1. The van der Waals surface area contributed by atoms with E-state index in [1.165, 1.54) is 0 Å². The van der Waals surface area contributed by atoms with E-state index >= 15 is 0 Å². The average molecular weight is 456 g/mol. The zero-order chi connectivity index (χ0) is 23.2. The van der Waals surface area contributed by atoms with Crippen LogP contribution in [-0.2, 0) is 32.8 Å². The lowest BCUT2D eigenvalue weighted by Gasteiger charge is -2.42. The Labute approximate surface area is 188 Å². The Bertz CT molecular complexity index is 687. The maximum absolute atomic E-state index is 13.3. The van der Waals surface area contributed by atoms with Gasteiger partial charge in [0.15, 0.2) is 5.34 Å². The van der Waals surface area contributed by atoms with Crippen LogP contribution in [-0.4, -0.2) is 86.8 Å². The molecule has 8 unspecified atom stereocenters. The normalized spacial score (nSPS) is 40.7. The van der Waals surface area contributed by atoms with E-state index in [9.17, 15) is 9.46 Å². The lowest BCUT2D eigenvalue weighted by molar-refractivity contribution is -0.195. The maximum atomic E-state index is 13.3. The molecule has 2 bridgehead atoms. The molecule has 3 aliphatic rings. The summed E-state index contributed by atoms with van der Waals surface area (Å²) in [5, 5.41) is -1.47. The molecule has 0 saturated carbocycles. The van der Waals surface area contributed by atoms with E-state index in [0.717, 1.165) is 0 Å². The van der Waals surface area contributed by atoms with Gasteiger partial charge in [-0.05, 0) is 47.5 Å². The zero-order valence-electron chi connectivity index (χ0n) is 19.4. The van der Waals surface area contributed by atoms with E-state index in [1.807, 2.05) is 27.7 Å². The molecule has 4 radical (unpaired) electrons. The monoisotopic (exact) mass is 456 g/mol. The Morgan fingerprint density at radius 1 is 1.19 bits per heavy atom. The van der Waals surface area contributed by atoms with Gasteiger partial charge in [-0.25, -0.2) is 0 Å². The smallest absolute Gasteiger partial charge is 0.359 e. The first kappa shape index (κ1) is 25.7. The van der Waals surface area contributed by atoms with Gasteiger partial charge in [-0.2, -0.15) is 0 Å². The fourth-order valence-corrected chi connectivity index (χ4v) is 5.37. The second-order valence-corrected chi connectivity index (χ2v) is 12.5. The molecule has 0 amide bonds. The number of ether oxygens (including phenoxy) is 5. The molecule has 174 valence electrons. The summed E-state index contributed by atoms with van der Waals surface area (Å²) >= 11 is 0. The van der Waals surface area contributed by atoms with Crippen LogP contribution in [0.1, 0.15) is 60.8 Å². The molecule has 0 aromatic rings. The highest BCUT2D eigenvalue weighted by molar-refractivity contribution is 7.54. The number of hydrogen-bond acceptors (Lipinski definition) is 7. The van der Waals surface area contributed by atoms with Crippen molar-refractivity contribution in [3.8, 4) is 0 Å². The number of fused-ring (bicyclic) bond motifs is 2. The molecule has 3 aliphatic heterocycles. The molecule has 8 atom stereocenters. The fourth-order valence-electron chi connectivity index (χ4n) is 4.39. The molecular weight excluding hydrogens is 421 g/mol. The van der Waals surface area contributed by atoms with Crippen LogP contribution in [0.3, 0.4) is 0 Å². The van der Waals surface area contributed by atoms with Gasteiger partial charge >= 0.3 is 7.60 Å². The van der Waals surface area contributed by atoms with Gasteiger partial charge < -0.3 is 33.1 Å². The highest BCUT2D eigenvalue weighted by Gasteiger charge is 2.59. The first-order valence-electron chi connectivity index (χ1n) is 11.0. The lowest BCUT2D eigenvalue weighted by atomic mass is 9.85. The van der Waals surface area contributed by atoms with Crippen molar-refractivity contribution in [2.45, 2.75) is 114 Å². The van der Waals surface area contributed by atoms with E-state index in [4.69, 9.17) is 43.9 Å². The molecule has 3 rings (SSSR count). The molecule has 3 heterocycles. The van der Waals surface area contributed by atoms with Gasteiger partial charge in [-0.3, -0.25) is 4.57 Å². The van der Waals surface area contributed by atoms with Crippen LogP contribution in [0.25, 0.3) is 0 Å². The third kappa shape index (κ3) is 5.43. The minimum atomic E-state index is -4.24. The first-order valence-corrected chi connectivity index (χ1v) is 12.6. The van der Waals surface area contributed by atoms with Crippen LogP contribution in [0.4, 0.5) is 0 Å². The minimum Gasteiger partial charge on any atom is -0.382 e. The summed E-state index contributed by atoms with van der Waals surface area (Å²) in [4.78, 5) is 10.8. The van der Waals surface area contributed by atoms with Crippen molar-refractivity contribution < 1.29 is 37.7 Å². The first-order chi connectivity index (χ1) is 14.2. The van der Waals surface area contributed by atoms with Crippen molar-refractivity contribution in [1.29, 1.82) is 0 Å². The summed E-state index contributed by atoms with van der Waals surface area (Å²) in [5.74, 6) is 0. The number of rotatable bonds is 8. The third-order valence-corrected chi connectivity index (χ3v) is 8.01. The Hall–Kier alpha value is 0.0799. The molecule has 0 aromatic heterocycles. The van der Waals surface area contributed by atoms with Crippen LogP contribution in [0.2, 0.25) is 0 Å². The summed E-state index contributed by atoms with van der Waals surface area (Å²) in [6, 6.07) is -1.16. The maximum Gasteiger partial charge on any atom is 0.359 e. The molecule has 0 aliphatic carbocycles. The van der Waals surface area contributed by atoms with E-state index in [0.29, 0.717) is 25.9 Å². The Balaban J connectivity index is 1.72.